The van der Waals surface area contributed by atoms with Gasteiger partial charge in [-0.05, 0) is 26.7 Å². The third-order valence-corrected chi connectivity index (χ3v) is 4.18. The van der Waals surface area contributed by atoms with Crippen LogP contribution in [0.1, 0.15) is 53.4 Å². The van der Waals surface area contributed by atoms with E-state index in [1.807, 2.05) is 26.8 Å². The van der Waals surface area contributed by atoms with E-state index in [0.29, 0.717) is 37.0 Å². The summed E-state index contributed by atoms with van der Waals surface area (Å²) in [6.07, 6.45) is 6.80. The van der Waals surface area contributed by atoms with Crippen LogP contribution in [0, 0.1) is 0 Å². The number of rotatable bonds is 11. The predicted molar refractivity (Wildman–Crippen MR) is 80.0 cm³/mol. The van der Waals surface area contributed by atoms with Crippen LogP contribution in [-0.4, -0.2) is 47.3 Å². The molecule has 0 rings (SSSR count). The van der Waals surface area contributed by atoms with Crippen LogP contribution >= 0.6 is 0 Å². The lowest BCUT2D eigenvalue weighted by Gasteiger charge is -2.44. The average Bonchev–Trinajstić information content (AvgIpc) is 2.42. The van der Waals surface area contributed by atoms with Gasteiger partial charge in [-0.25, -0.2) is 0 Å². The molecular formula is C16H31NO3. The summed E-state index contributed by atoms with van der Waals surface area (Å²) in [5, 5.41) is 21.5. The van der Waals surface area contributed by atoms with E-state index in [9.17, 15) is 15.0 Å². The number of carboxylic acid groups (broad SMARTS) is 1. The number of hydrogen-bond acceptors (Lipinski definition) is 3. The molecule has 20 heavy (non-hydrogen) atoms. The number of quaternary nitrogens is 1. The third kappa shape index (κ3) is 5.63. The Morgan fingerprint density at radius 2 is 1.80 bits per heavy atom. The topological polar surface area (TPSA) is 60.4 Å². The van der Waals surface area contributed by atoms with Gasteiger partial charge in [-0.2, -0.15) is 0 Å². The highest BCUT2D eigenvalue weighted by Crippen LogP contribution is 2.18. The Hall–Kier alpha value is -0.870. The standard InChI is InChI=1S/C16H31NO3/c1-5-9-10-11-12-14(18)13-17(7-3,8-4)15(6-2)16(19)20/h10-11,14-15,18H,5-9,12-13H2,1-4H3/b11-10+. The molecule has 0 fully saturated rings. The van der Waals surface area contributed by atoms with Crippen LogP contribution < -0.4 is 5.11 Å². The Morgan fingerprint density at radius 3 is 2.20 bits per heavy atom. The molecule has 0 saturated carbocycles. The van der Waals surface area contributed by atoms with Gasteiger partial charge in [0.1, 0.15) is 18.7 Å². The predicted octanol–water partition coefficient (Wildman–Crippen LogP) is 1.48. The summed E-state index contributed by atoms with van der Waals surface area (Å²) in [4.78, 5) is 11.4. The van der Waals surface area contributed by atoms with Crippen LogP contribution in [0.3, 0.4) is 0 Å². The van der Waals surface area contributed by atoms with Gasteiger partial charge in [0.2, 0.25) is 0 Å². The lowest BCUT2D eigenvalue weighted by atomic mass is 10.1. The molecule has 0 saturated heterocycles. The monoisotopic (exact) mass is 285 g/mol. The Bertz CT molecular complexity index is 298. The number of unbranched alkanes of at least 4 members (excludes halogenated alkanes) is 1. The third-order valence-electron chi connectivity index (χ3n) is 4.18. The van der Waals surface area contributed by atoms with Gasteiger partial charge in [-0.3, -0.25) is 0 Å². The fraction of sp³-hybridized carbons (Fsp3) is 0.812. The van der Waals surface area contributed by atoms with Crippen LogP contribution in [0.4, 0.5) is 0 Å². The number of aliphatic hydroxyl groups is 1. The smallest absolute Gasteiger partial charge is 0.129 e. The molecule has 0 aliphatic carbocycles. The largest absolute Gasteiger partial charge is 0.544 e. The molecule has 2 unspecified atom stereocenters. The molecule has 0 aliphatic heterocycles. The van der Waals surface area contributed by atoms with E-state index in [1.165, 1.54) is 0 Å². The van der Waals surface area contributed by atoms with Crippen molar-refractivity contribution in [3.8, 4) is 0 Å². The number of nitrogens with zero attached hydrogens (tertiary/aromatic N) is 1. The Morgan fingerprint density at radius 1 is 1.20 bits per heavy atom. The molecular weight excluding hydrogens is 254 g/mol. The second kappa shape index (κ2) is 9.94. The van der Waals surface area contributed by atoms with Crippen molar-refractivity contribution >= 4 is 5.97 Å². The Kier molecular flexibility index (Phi) is 9.51. The first-order chi connectivity index (χ1) is 9.47. The zero-order valence-electron chi connectivity index (χ0n) is 13.5. The fourth-order valence-electron chi connectivity index (χ4n) is 2.86. The maximum Gasteiger partial charge on any atom is 0.129 e. The highest BCUT2D eigenvalue weighted by atomic mass is 16.4. The van der Waals surface area contributed by atoms with Crippen molar-refractivity contribution in [3.63, 3.8) is 0 Å². The summed E-state index contributed by atoms with van der Waals surface area (Å²) in [5.41, 5.74) is 0. The molecule has 0 aliphatic rings. The summed E-state index contributed by atoms with van der Waals surface area (Å²) >= 11 is 0. The lowest BCUT2D eigenvalue weighted by Crippen LogP contribution is -2.63. The molecule has 0 bridgehead atoms. The molecule has 0 amide bonds. The van der Waals surface area contributed by atoms with Crippen LogP contribution in [-0.2, 0) is 4.79 Å². The van der Waals surface area contributed by atoms with Crippen LogP contribution in [0.2, 0.25) is 0 Å². The number of allylic oxidation sites excluding steroid dienone is 1. The van der Waals surface area contributed by atoms with E-state index in [-0.39, 0.29) is 0 Å². The first-order valence-corrected chi connectivity index (χ1v) is 7.87. The van der Waals surface area contributed by atoms with Crippen molar-refractivity contribution < 1.29 is 19.5 Å². The summed E-state index contributed by atoms with van der Waals surface area (Å²) < 4.78 is 0.390. The number of carbonyl (C=O) groups excluding carboxylic acids is 1. The molecule has 118 valence electrons. The van der Waals surface area contributed by atoms with E-state index < -0.39 is 18.1 Å². The molecule has 1 N–H and O–H groups in total. The van der Waals surface area contributed by atoms with Crippen molar-refractivity contribution in [2.75, 3.05) is 19.6 Å². The Balaban J connectivity index is 4.78. The Labute approximate surface area is 123 Å². The highest BCUT2D eigenvalue weighted by molar-refractivity contribution is 5.69. The summed E-state index contributed by atoms with van der Waals surface area (Å²) in [6, 6.07) is -0.542. The van der Waals surface area contributed by atoms with Crippen molar-refractivity contribution in [2.24, 2.45) is 0 Å². The molecule has 0 aromatic rings. The molecule has 0 spiro atoms. The fourth-order valence-corrected chi connectivity index (χ4v) is 2.86. The van der Waals surface area contributed by atoms with Crippen LogP contribution in [0.15, 0.2) is 12.2 Å². The SMILES string of the molecule is CCC/C=C/CC(O)C[N+](CC)(CC)C(CC)C(=O)[O-]. The molecule has 2 atom stereocenters. The van der Waals surface area contributed by atoms with Gasteiger partial charge in [0.05, 0.1) is 19.1 Å². The van der Waals surface area contributed by atoms with Crippen molar-refractivity contribution in [1.82, 2.24) is 0 Å². The summed E-state index contributed by atoms with van der Waals surface area (Å²) in [6.45, 7) is 9.80. The van der Waals surface area contributed by atoms with Gasteiger partial charge in [-0.1, -0.05) is 32.4 Å². The van der Waals surface area contributed by atoms with Gasteiger partial charge < -0.3 is 19.5 Å². The molecule has 0 heterocycles. The lowest BCUT2D eigenvalue weighted by molar-refractivity contribution is -0.944. The van der Waals surface area contributed by atoms with E-state index >= 15 is 0 Å². The number of aliphatic carboxylic acids is 1. The minimum Gasteiger partial charge on any atom is -0.544 e. The minimum atomic E-state index is -1.01. The number of carboxylic acids is 1. The van der Waals surface area contributed by atoms with Gasteiger partial charge >= 0.3 is 0 Å². The van der Waals surface area contributed by atoms with Crippen molar-refractivity contribution in [1.29, 1.82) is 0 Å². The molecule has 0 aromatic heterocycles. The summed E-state index contributed by atoms with van der Waals surface area (Å²) in [7, 11) is 0. The molecule has 0 radical (unpaired) electrons. The van der Waals surface area contributed by atoms with Gasteiger partial charge in [0.25, 0.3) is 0 Å². The van der Waals surface area contributed by atoms with Crippen molar-refractivity contribution in [3.05, 3.63) is 12.2 Å². The normalized spacial score (nSPS) is 15.4. The first-order valence-electron chi connectivity index (χ1n) is 7.87. The number of hydrogen-bond donors (Lipinski definition) is 1. The summed E-state index contributed by atoms with van der Waals surface area (Å²) in [5.74, 6) is -1.01. The van der Waals surface area contributed by atoms with Gasteiger partial charge in [-0.15, -0.1) is 0 Å². The van der Waals surface area contributed by atoms with E-state index in [1.54, 1.807) is 0 Å². The minimum absolute atomic E-state index is 0.390. The first kappa shape index (κ1) is 19.1. The maximum absolute atomic E-state index is 11.4. The number of likely N-dealkylation sites (N-methyl/N-ethyl adjacent to an activating group) is 1. The molecule has 4 nitrogen and oxygen atoms in total. The zero-order chi connectivity index (χ0) is 15.6. The second-order valence-corrected chi connectivity index (χ2v) is 5.43. The van der Waals surface area contributed by atoms with Gasteiger partial charge in [0, 0.05) is 6.42 Å². The quantitative estimate of drug-likeness (QED) is 0.462. The molecule has 4 heteroatoms. The van der Waals surface area contributed by atoms with Gasteiger partial charge in [0.15, 0.2) is 0 Å². The highest BCUT2D eigenvalue weighted by Gasteiger charge is 2.35. The zero-order valence-corrected chi connectivity index (χ0v) is 13.5. The number of aliphatic hydroxyl groups excluding tert-OH is 1. The van der Waals surface area contributed by atoms with E-state index in [4.69, 9.17) is 0 Å². The number of carbonyl (C=O) groups is 1. The van der Waals surface area contributed by atoms with E-state index in [0.717, 1.165) is 12.8 Å². The van der Waals surface area contributed by atoms with Crippen LogP contribution in [0.5, 0.6) is 0 Å². The maximum atomic E-state index is 11.4. The van der Waals surface area contributed by atoms with E-state index in [2.05, 4.69) is 13.0 Å². The second-order valence-electron chi connectivity index (χ2n) is 5.43. The van der Waals surface area contributed by atoms with Crippen molar-refractivity contribution in [2.45, 2.75) is 65.5 Å². The average molecular weight is 285 g/mol. The van der Waals surface area contributed by atoms with Crippen LogP contribution in [0.25, 0.3) is 0 Å². The molecule has 0 aromatic carbocycles.